The number of hydrogen-bond donors (Lipinski definition) is 1. The minimum Gasteiger partial charge on any atom is -0.325 e. The molecule has 0 saturated carbocycles. The summed E-state index contributed by atoms with van der Waals surface area (Å²) in [5.41, 5.74) is 8.56. The second-order valence-corrected chi connectivity index (χ2v) is 10.2. The predicted octanol–water partition coefficient (Wildman–Crippen LogP) is 6.09. The van der Waals surface area contributed by atoms with Gasteiger partial charge in [0.2, 0.25) is 5.91 Å². The molecule has 8 bridgehead atoms. The van der Waals surface area contributed by atoms with E-state index in [1.54, 1.807) is 0 Å². The zero-order valence-corrected chi connectivity index (χ0v) is 20.9. The summed E-state index contributed by atoms with van der Waals surface area (Å²) in [6.45, 7) is 5.70. The van der Waals surface area contributed by atoms with Gasteiger partial charge in [-0.1, -0.05) is 39.0 Å². The molecule has 5 heterocycles. The number of nitrogens with zero attached hydrogens (tertiary/aromatic N) is 4. The summed E-state index contributed by atoms with van der Waals surface area (Å²) < 4.78 is 0. The number of carbonyl (C=O) groups excluding carboxylic acids is 1. The van der Waals surface area contributed by atoms with E-state index in [1.165, 1.54) is 0 Å². The smallest absolute Gasteiger partial charge is 0.229 e. The fourth-order valence-electron chi connectivity index (χ4n) is 4.25. The predicted molar refractivity (Wildman–Crippen MR) is 152 cm³/mol. The molecule has 5 aliphatic rings. The Balaban J connectivity index is 1.46. The maximum absolute atomic E-state index is 12.8. The number of rotatable bonds is 2. The van der Waals surface area contributed by atoms with Gasteiger partial charge < -0.3 is 5.32 Å². The number of carbonyl (C=O) groups is 1. The van der Waals surface area contributed by atoms with Crippen molar-refractivity contribution in [2.45, 2.75) is 20.8 Å². The first-order valence-corrected chi connectivity index (χ1v) is 12.2. The molecule has 0 radical (unpaired) electrons. The number of allylic oxidation sites excluding steroid dienone is 12. The number of benzene rings is 1. The third-order valence-corrected chi connectivity index (χ3v) is 6.19. The van der Waals surface area contributed by atoms with Crippen molar-refractivity contribution in [1.82, 2.24) is 0 Å². The number of fused-ring (bicyclic) bond motifs is 4. The summed E-state index contributed by atoms with van der Waals surface area (Å²) in [6.07, 6.45) is 21.7. The summed E-state index contributed by atoms with van der Waals surface area (Å²) in [5, 5.41) is 3.10. The lowest BCUT2D eigenvalue weighted by Crippen LogP contribution is -2.28. The van der Waals surface area contributed by atoms with Gasteiger partial charge in [0.05, 0.1) is 45.6 Å². The van der Waals surface area contributed by atoms with Crippen molar-refractivity contribution in [3.05, 3.63) is 119 Å². The monoisotopic (exact) mass is 483 g/mol. The Kier molecular flexibility index (Phi) is 5.37. The van der Waals surface area contributed by atoms with Gasteiger partial charge in [-0.3, -0.25) is 4.79 Å². The molecule has 1 N–H and O–H groups in total. The molecule has 180 valence electrons. The van der Waals surface area contributed by atoms with Crippen LogP contribution < -0.4 is 5.32 Å². The van der Waals surface area contributed by atoms with Crippen LogP contribution in [0, 0.1) is 5.41 Å². The minimum absolute atomic E-state index is 0.0471. The van der Waals surface area contributed by atoms with Crippen LogP contribution in [0.5, 0.6) is 0 Å². The molecule has 0 aromatic heterocycles. The fourth-order valence-corrected chi connectivity index (χ4v) is 4.25. The van der Waals surface area contributed by atoms with E-state index in [-0.39, 0.29) is 5.91 Å². The lowest BCUT2D eigenvalue weighted by molar-refractivity contribution is -0.123. The van der Waals surface area contributed by atoms with Crippen LogP contribution in [0.2, 0.25) is 0 Å². The summed E-state index contributed by atoms with van der Waals surface area (Å²) >= 11 is 0. The topological polar surface area (TPSA) is 78.5 Å². The summed E-state index contributed by atoms with van der Waals surface area (Å²) in [5.74, 6) is -0.0471. The first-order chi connectivity index (χ1) is 17.8. The van der Waals surface area contributed by atoms with Crippen molar-refractivity contribution < 1.29 is 4.79 Å². The third-order valence-electron chi connectivity index (χ3n) is 6.19. The number of hydrogen-bond acceptors (Lipinski definition) is 5. The molecular weight excluding hydrogens is 458 g/mol. The van der Waals surface area contributed by atoms with Crippen LogP contribution in [0.4, 0.5) is 5.69 Å². The normalized spacial score (nSPS) is 19.4. The van der Waals surface area contributed by atoms with E-state index >= 15 is 0 Å². The van der Waals surface area contributed by atoms with Gasteiger partial charge in [-0.15, -0.1) is 0 Å². The van der Waals surface area contributed by atoms with E-state index in [1.807, 2.05) is 112 Å². The van der Waals surface area contributed by atoms with Crippen molar-refractivity contribution in [2.75, 3.05) is 5.32 Å². The van der Waals surface area contributed by atoms with Gasteiger partial charge in [0.1, 0.15) is 0 Å². The SMILES string of the molecule is CC(C)(C)C(=O)Nc1ccccc1C1=CC2=CC3=NC(=CC4=NC(=CC5=NC(=CC1=N2)C=C5)C=C4)C=C3. The van der Waals surface area contributed by atoms with Crippen LogP contribution in [0.1, 0.15) is 26.3 Å². The van der Waals surface area contributed by atoms with Crippen molar-refractivity contribution in [3.63, 3.8) is 0 Å². The Morgan fingerprint density at radius 1 is 0.649 bits per heavy atom. The molecular formula is C31H25N5O. The number of amides is 1. The van der Waals surface area contributed by atoms with Crippen molar-refractivity contribution >= 4 is 40.0 Å². The maximum atomic E-state index is 12.8. The largest absolute Gasteiger partial charge is 0.325 e. The van der Waals surface area contributed by atoms with E-state index in [0.717, 1.165) is 62.5 Å². The Bertz CT molecular complexity index is 1620. The standard InChI is InChI=1S/C31H25N5O/c1-31(2,3)30(37)36-28-7-5-4-6-26(28)27-17-25-16-23-11-10-21(33-23)14-19-8-9-20(32-19)15-22-12-13-24(34-22)18-29(27)35-25/h4-18H,1-3H3,(H,36,37). The molecule has 5 aliphatic heterocycles. The molecule has 1 aromatic rings. The summed E-state index contributed by atoms with van der Waals surface area (Å²) in [7, 11) is 0. The number of anilines is 1. The van der Waals surface area contributed by atoms with Crippen LogP contribution in [0.25, 0.3) is 5.57 Å². The highest BCUT2D eigenvalue weighted by Crippen LogP contribution is 2.33. The van der Waals surface area contributed by atoms with E-state index in [4.69, 9.17) is 15.0 Å². The van der Waals surface area contributed by atoms with Crippen LogP contribution in [0.15, 0.2) is 134 Å². The van der Waals surface area contributed by atoms with Crippen LogP contribution in [-0.2, 0) is 4.79 Å². The second kappa shape index (κ2) is 8.75. The Morgan fingerprint density at radius 2 is 1.19 bits per heavy atom. The molecule has 0 saturated heterocycles. The third kappa shape index (κ3) is 4.74. The van der Waals surface area contributed by atoms with Crippen LogP contribution >= 0.6 is 0 Å². The molecule has 1 aromatic carbocycles. The lowest BCUT2D eigenvalue weighted by atomic mass is 9.94. The molecule has 6 nitrogen and oxygen atoms in total. The van der Waals surface area contributed by atoms with Crippen molar-refractivity contribution in [2.24, 2.45) is 25.4 Å². The summed E-state index contributed by atoms with van der Waals surface area (Å²) in [6, 6.07) is 7.81. The first kappa shape index (κ1) is 22.7. The van der Waals surface area contributed by atoms with E-state index in [2.05, 4.69) is 10.3 Å². The van der Waals surface area contributed by atoms with E-state index < -0.39 is 5.41 Å². The first-order valence-electron chi connectivity index (χ1n) is 12.2. The number of aliphatic imine (C=N–C) groups is 4. The average molecular weight is 484 g/mol. The summed E-state index contributed by atoms with van der Waals surface area (Å²) in [4.78, 5) is 31.9. The molecule has 1 amide bonds. The number of nitrogens with one attached hydrogen (secondary N) is 1. The van der Waals surface area contributed by atoms with Crippen LogP contribution in [0.3, 0.4) is 0 Å². The Labute approximate surface area is 215 Å². The highest BCUT2D eigenvalue weighted by molar-refractivity contribution is 6.33. The molecule has 0 unspecified atom stereocenters. The highest BCUT2D eigenvalue weighted by Gasteiger charge is 2.25. The molecule has 0 aliphatic carbocycles. The molecule has 0 spiro atoms. The minimum atomic E-state index is -0.517. The molecule has 0 atom stereocenters. The second-order valence-electron chi connectivity index (χ2n) is 10.2. The lowest BCUT2D eigenvalue weighted by Gasteiger charge is -2.19. The maximum Gasteiger partial charge on any atom is 0.229 e. The molecule has 37 heavy (non-hydrogen) atoms. The van der Waals surface area contributed by atoms with Gasteiger partial charge >= 0.3 is 0 Å². The van der Waals surface area contributed by atoms with Gasteiger partial charge in [0.25, 0.3) is 0 Å². The van der Waals surface area contributed by atoms with Crippen molar-refractivity contribution in [1.29, 1.82) is 0 Å². The fraction of sp³-hybridized carbons (Fsp3) is 0.129. The molecule has 0 fully saturated rings. The van der Waals surface area contributed by atoms with Gasteiger partial charge in [-0.05, 0) is 72.9 Å². The number of para-hydroxylation sites is 1. The Morgan fingerprint density at radius 3 is 1.78 bits per heavy atom. The molecule has 6 heteroatoms. The van der Waals surface area contributed by atoms with Crippen molar-refractivity contribution in [3.8, 4) is 0 Å². The van der Waals surface area contributed by atoms with Crippen LogP contribution in [-0.4, -0.2) is 28.8 Å². The van der Waals surface area contributed by atoms with E-state index in [0.29, 0.717) is 0 Å². The zero-order chi connectivity index (χ0) is 25.6. The Hall–Kier alpha value is -4.71. The van der Waals surface area contributed by atoms with Gasteiger partial charge in [0.15, 0.2) is 0 Å². The average Bonchev–Trinajstić information content (AvgIpc) is 3.64. The van der Waals surface area contributed by atoms with Gasteiger partial charge in [-0.25, -0.2) is 20.0 Å². The van der Waals surface area contributed by atoms with E-state index in [9.17, 15) is 4.79 Å². The quantitative estimate of drug-likeness (QED) is 0.543. The molecule has 6 rings (SSSR count). The van der Waals surface area contributed by atoms with Gasteiger partial charge in [-0.2, -0.15) is 0 Å². The zero-order valence-electron chi connectivity index (χ0n) is 20.9. The highest BCUT2D eigenvalue weighted by atomic mass is 16.2. The van der Waals surface area contributed by atoms with Gasteiger partial charge in [0, 0.05) is 22.2 Å².